The van der Waals surface area contributed by atoms with Crippen LogP contribution in [0.3, 0.4) is 0 Å². The summed E-state index contributed by atoms with van der Waals surface area (Å²) >= 11 is 0. The summed E-state index contributed by atoms with van der Waals surface area (Å²) in [4.78, 5) is 25.9. The Morgan fingerprint density at radius 3 is 2.53 bits per heavy atom. The summed E-state index contributed by atoms with van der Waals surface area (Å²) in [6.07, 6.45) is 0. The lowest BCUT2D eigenvalue weighted by Crippen LogP contribution is -2.35. The first-order chi connectivity index (χ1) is 14.5. The molecule has 1 atom stereocenters. The monoisotopic (exact) mass is 401 g/mol. The molecule has 0 saturated heterocycles. The standard InChI is InChI=1S/C22H19N5O3/c1-14-18(20(28)30-2)19(17-10-8-15(12-23)9-11-17)27-21(24-14)25-26(22(27)29)13-16-6-4-3-5-7-16/h3-11,19H,13H2,1-2H3,(H,24,25). The average molecular weight is 401 g/mol. The summed E-state index contributed by atoms with van der Waals surface area (Å²) in [5, 5.41) is 16.6. The summed E-state index contributed by atoms with van der Waals surface area (Å²) in [5.74, 6) is -0.196. The number of hydrogen-bond acceptors (Lipinski definition) is 6. The Hall–Kier alpha value is -4.12. The molecule has 150 valence electrons. The molecule has 8 nitrogen and oxygen atoms in total. The zero-order valence-corrected chi connectivity index (χ0v) is 16.5. The van der Waals surface area contributed by atoms with Gasteiger partial charge in [0.25, 0.3) is 0 Å². The number of allylic oxidation sites excluding steroid dienone is 1. The van der Waals surface area contributed by atoms with Crippen molar-refractivity contribution in [2.24, 2.45) is 0 Å². The molecular weight excluding hydrogens is 382 g/mol. The van der Waals surface area contributed by atoms with Gasteiger partial charge in [-0.1, -0.05) is 42.5 Å². The van der Waals surface area contributed by atoms with E-state index in [1.165, 1.54) is 16.4 Å². The highest BCUT2D eigenvalue weighted by Gasteiger charge is 2.35. The minimum Gasteiger partial charge on any atom is -0.466 e. The summed E-state index contributed by atoms with van der Waals surface area (Å²) in [7, 11) is 1.30. The molecule has 1 aliphatic rings. The first-order valence-electron chi connectivity index (χ1n) is 9.33. The van der Waals surface area contributed by atoms with Crippen LogP contribution < -0.4 is 11.0 Å². The second-order valence-electron chi connectivity index (χ2n) is 6.91. The van der Waals surface area contributed by atoms with Gasteiger partial charge in [0.2, 0.25) is 5.95 Å². The maximum atomic E-state index is 13.3. The minimum absolute atomic E-state index is 0.300. The third-order valence-electron chi connectivity index (χ3n) is 5.04. The number of methoxy groups -OCH3 is 1. The van der Waals surface area contributed by atoms with Crippen LogP contribution in [-0.2, 0) is 16.1 Å². The topological polar surface area (TPSA) is 102 Å². The Morgan fingerprint density at radius 1 is 1.20 bits per heavy atom. The third kappa shape index (κ3) is 3.26. The van der Waals surface area contributed by atoms with Crippen molar-refractivity contribution in [2.45, 2.75) is 19.5 Å². The quantitative estimate of drug-likeness (QED) is 0.674. The van der Waals surface area contributed by atoms with Crippen molar-refractivity contribution in [1.82, 2.24) is 14.3 Å². The van der Waals surface area contributed by atoms with Crippen LogP contribution in [0.25, 0.3) is 0 Å². The number of benzene rings is 2. The molecule has 0 bridgehead atoms. The number of nitrogens with one attached hydrogen (secondary N) is 1. The van der Waals surface area contributed by atoms with E-state index in [9.17, 15) is 9.59 Å². The highest BCUT2D eigenvalue weighted by molar-refractivity contribution is 5.92. The Labute approximate surface area is 172 Å². The molecular formula is C22H19N5O3. The molecule has 0 radical (unpaired) electrons. The van der Waals surface area contributed by atoms with Crippen molar-refractivity contribution >= 4 is 11.9 Å². The number of carbonyl (C=O) groups is 1. The highest BCUT2D eigenvalue weighted by atomic mass is 16.5. The van der Waals surface area contributed by atoms with E-state index < -0.39 is 12.0 Å². The fourth-order valence-corrected chi connectivity index (χ4v) is 3.60. The molecule has 4 rings (SSSR count). The normalized spacial score (nSPS) is 15.2. The van der Waals surface area contributed by atoms with Gasteiger partial charge in [0.1, 0.15) is 6.04 Å². The molecule has 3 aromatic rings. The third-order valence-corrected chi connectivity index (χ3v) is 5.04. The van der Waals surface area contributed by atoms with Crippen molar-refractivity contribution in [1.29, 1.82) is 5.26 Å². The van der Waals surface area contributed by atoms with Gasteiger partial charge in [0.05, 0.1) is 30.9 Å². The maximum absolute atomic E-state index is 13.3. The van der Waals surface area contributed by atoms with Gasteiger partial charge in [-0.25, -0.2) is 18.8 Å². The lowest BCUT2D eigenvalue weighted by molar-refractivity contribution is -0.136. The second-order valence-corrected chi connectivity index (χ2v) is 6.91. The van der Waals surface area contributed by atoms with E-state index in [0.717, 1.165) is 5.56 Å². The fraction of sp³-hybridized carbons (Fsp3) is 0.182. The first-order valence-corrected chi connectivity index (χ1v) is 9.33. The molecule has 1 N–H and O–H groups in total. The predicted octanol–water partition coefficient (Wildman–Crippen LogP) is 2.43. The van der Waals surface area contributed by atoms with Crippen LogP contribution in [0, 0.1) is 11.3 Å². The number of carbonyl (C=O) groups excluding carboxylic acids is 1. The van der Waals surface area contributed by atoms with Crippen molar-refractivity contribution < 1.29 is 9.53 Å². The Bertz CT molecular complexity index is 1230. The molecule has 1 aliphatic heterocycles. The highest BCUT2D eigenvalue weighted by Crippen LogP contribution is 2.34. The van der Waals surface area contributed by atoms with Crippen LogP contribution in [0.4, 0.5) is 5.95 Å². The van der Waals surface area contributed by atoms with Crippen LogP contribution >= 0.6 is 0 Å². The Morgan fingerprint density at radius 2 is 1.90 bits per heavy atom. The molecule has 0 fully saturated rings. The maximum Gasteiger partial charge on any atom is 0.348 e. The number of aromatic nitrogens is 3. The van der Waals surface area contributed by atoms with Gasteiger partial charge in [-0.05, 0) is 30.2 Å². The smallest absolute Gasteiger partial charge is 0.348 e. The number of hydrogen-bond donors (Lipinski definition) is 1. The van der Waals surface area contributed by atoms with Gasteiger partial charge >= 0.3 is 11.7 Å². The molecule has 1 unspecified atom stereocenters. The van der Waals surface area contributed by atoms with Crippen LogP contribution in [0.5, 0.6) is 0 Å². The number of rotatable bonds is 4. The molecule has 8 heteroatoms. The SMILES string of the molecule is COC(=O)C1=C(C)Nc2nn(Cc3ccccc3)c(=O)n2C1c1ccc(C#N)cc1. The number of nitrogens with zero attached hydrogens (tertiary/aromatic N) is 4. The van der Waals surface area contributed by atoms with E-state index in [0.29, 0.717) is 34.9 Å². The molecule has 0 amide bonds. The van der Waals surface area contributed by atoms with Crippen molar-refractivity contribution in [3.8, 4) is 6.07 Å². The van der Waals surface area contributed by atoms with E-state index in [1.807, 2.05) is 30.3 Å². The van der Waals surface area contributed by atoms with Gasteiger partial charge < -0.3 is 10.1 Å². The van der Waals surface area contributed by atoms with Crippen molar-refractivity contribution in [2.75, 3.05) is 12.4 Å². The molecule has 1 aromatic heterocycles. The minimum atomic E-state index is -0.724. The van der Waals surface area contributed by atoms with Crippen molar-refractivity contribution in [3.05, 3.63) is 93.0 Å². The van der Waals surface area contributed by atoms with Crippen LogP contribution in [-0.4, -0.2) is 27.4 Å². The lowest BCUT2D eigenvalue weighted by Gasteiger charge is -2.28. The van der Waals surface area contributed by atoms with Gasteiger partial charge in [-0.15, -0.1) is 5.10 Å². The molecule has 0 spiro atoms. The van der Waals surface area contributed by atoms with Gasteiger partial charge in [0.15, 0.2) is 0 Å². The van der Waals surface area contributed by atoms with Crippen LogP contribution in [0.2, 0.25) is 0 Å². The van der Waals surface area contributed by atoms with Gasteiger partial charge in [-0.3, -0.25) is 0 Å². The predicted molar refractivity (Wildman–Crippen MR) is 110 cm³/mol. The van der Waals surface area contributed by atoms with Crippen LogP contribution in [0.1, 0.15) is 29.7 Å². The van der Waals surface area contributed by atoms with E-state index in [-0.39, 0.29) is 5.69 Å². The largest absolute Gasteiger partial charge is 0.466 e. The number of nitriles is 1. The number of anilines is 1. The summed E-state index contributed by atoms with van der Waals surface area (Å²) in [6, 6.07) is 17.7. The second kappa shape index (κ2) is 7.72. The number of fused-ring (bicyclic) bond motifs is 1. The first kappa shape index (κ1) is 19.2. The molecule has 0 aliphatic carbocycles. The fourth-order valence-electron chi connectivity index (χ4n) is 3.60. The lowest BCUT2D eigenvalue weighted by atomic mass is 9.95. The van der Waals surface area contributed by atoms with E-state index in [4.69, 9.17) is 10.00 Å². The molecule has 0 saturated carbocycles. The summed E-state index contributed by atoms with van der Waals surface area (Å²) in [6.45, 7) is 2.04. The summed E-state index contributed by atoms with van der Waals surface area (Å²) in [5.41, 5.74) is 2.61. The van der Waals surface area contributed by atoms with Crippen LogP contribution in [0.15, 0.2) is 70.7 Å². The molecule has 2 aromatic carbocycles. The van der Waals surface area contributed by atoms with Crippen molar-refractivity contribution in [3.63, 3.8) is 0 Å². The molecule has 30 heavy (non-hydrogen) atoms. The molecule has 2 heterocycles. The Balaban J connectivity index is 1.86. The average Bonchev–Trinajstić information content (AvgIpc) is 3.07. The van der Waals surface area contributed by atoms with E-state index >= 15 is 0 Å². The van der Waals surface area contributed by atoms with E-state index in [1.54, 1.807) is 31.2 Å². The summed E-state index contributed by atoms with van der Waals surface area (Å²) < 4.78 is 7.79. The number of esters is 1. The van der Waals surface area contributed by atoms with Gasteiger partial charge in [-0.2, -0.15) is 5.26 Å². The van der Waals surface area contributed by atoms with Gasteiger partial charge in [0, 0.05) is 5.70 Å². The zero-order chi connectivity index (χ0) is 21.3. The zero-order valence-electron chi connectivity index (χ0n) is 16.5. The Kier molecular flexibility index (Phi) is 4.94. The van der Waals surface area contributed by atoms with E-state index in [2.05, 4.69) is 16.5 Å². The number of ether oxygens (including phenoxy) is 1.